The Morgan fingerprint density at radius 2 is 2.00 bits per heavy atom. The van der Waals surface area contributed by atoms with Crippen molar-refractivity contribution in [3.05, 3.63) is 23.8 Å². The number of hydrogen-bond donors (Lipinski definition) is 2. The quantitative estimate of drug-likeness (QED) is 0.822. The zero-order valence-corrected chi connectivity index (χ0v) is 16.6. The third-order valence-electron chi connectivity index (χ3n) is 5.33. The summed E-state index contributed by atoms with van der Waals surface area (Å²) < 4.78 is 0. The first-order valence-electron chi connectivity index (χ1n) is 9.24. The monoisotopic (exact) mass is 395 g/mol. The highest BCUT2D eigenvalue weighted by molar-refractivity contribution is 8.00. The number of carbonyl (C=O) groups is 2. The summed E-state index contributed by atoms with van der Waals surface area (Å²) in [6.07, 6.45) is 4.79. The van der Waals surface area contributed by atoms with Crippen LogP contribution in [-0.2, 0) is 4.79 Å². The molecule has 1 saturated carbocycles. The Balaban J connectivity index is 0.00000196. The lowest BCUT2D eigenvalue weighted by Crippen LogP contribution is -2.45. The summed E-state index contributed by atoms with van der Waals surface area (Å²) in [6.45, 7) is 4.63. The molecule has 4 rings (SSSR count). The van der Waals surface area contributed by atoms with Gasteiger partial charge in [0.15, 0.2) is 0 Å². The van der Waals surface area contributed by atoms with Gasteiger partial charge in [-0.25, -0.2) is 0 Å². The Kier molecular flexibility index (Phi) is 6.15. The molecular weight excluding hydrogens is 370 g/mol. The third-order valence-corrected chi connectivity index (χ3v) is 6.51. The molecule has 2 aliphatic heterocycles. The predicted molar refractivity (Wildman–Crippen MR) is 107 cm³/mol. The van der Waals surface area contributed by atoms with Crippen molar-refractivity contribution < 1.29 is 9.59 Å². The second-order valence-electron chi connectivity index (χ2n) is 7.38. The van der Waals surface area contributed by atoms with Crippen LogP contribution in [0.3, 0.4) is 0 Å². The molecule has 3 aliphatic rings. The molecule has 0 bridgehead atoms. The van der Waals surface area contributed by atoms with Crippen molar-refractivity contribution in [2.45, 2.75) is 48.8 Å². The maximum Gasteiger partial charge on any atom is 0.253 e. The Morgan fingerprint density at radius 3 is 2.69 bits per heavy atom. The lowest BCUT2D eigenvalue weighted by molar-refractivity contribution is -0.115. The van der Waals surface area contributed by atoms with Gasteiger partial charge in [0.2, 0.25) is 5.91 Å². The molecule has 1 aromatic rings. The molecule has 7 heteroatoms. The highest BCUT2D eigenvalue weighted by Crippen LogP contribution is 2.36. The lowest BCUT2D eigenvalue weighted by Gasteiger charge is -2.33. The number of amides is 2. The fraction of sp³-hybridized carbons (Fsp3) is 0.579. The summed E-state index contributed by atoms with van der Waals surface area (Å²) in [4.78, 5) is 27.6. The highest BCUT2D eigenvalue weighted by atomic mass is 35.5. The van der Waals surface area contributed by atoms with E-state index in [0.29, 0.717) is 11.6 Å². The van der Waals surface area contributed by atoms with Crippen LogP contribution in [0.1, 0.15) is 43.0 Å². The minimum atomic E-state index is -0.0868. The predicted octanol–water partition coefficient (Wildman–Crippen LogP) is 3.15. The molecule has 0 radical (unpaired) electrons. The fourth-order valence-electron chi connectivity index (χ4n) is 3.47. The standard InChI is InChI=1S/C19H25N3O2S.ClH/c1-12-18(23)21-16-10-14(4-5-17(16)25-12)19(24)22-8-6-15(7-9-22)20-11-13-2-3-13;/h4-5,10,12-13,15,20H,2-3,6-9,11H2,1H3,(H,21,23);1H. The molecule has 1 atom stereocenters. The number of halogens is 1. The van der Waals surface area contributed by atoms with Crippen molar-refractivity contribution in [2.24, 2.45) is 5.92 Å². The van der Waals surface area contributed by atoms with Crippen molar-refractivity contribution in [1.82, 2.24) is 10.2 Å². The lowest BCUT2D eigenvalue weighted by atomic mass is 10.0. The summed E-state index contributed by atoms with van der Waals surface area (Å²) >= 11 is 1.54. The number of fused-ring (bicyclic) bond motifs is 1. The number of benzene rings is 1. The van der Waals surface area contributed by atoms with E-state index in [1.165, 1.54) is 12.8 Å². The van der Waals surface area contributed by atoms with Crippen molar-refractivity contribution in [3.8, 4) is 0 Å². The number of likely N-dealkylation sites (tertiary alicyclic amines) is 1. The van der Waals surface area contributed by atoms with Gasteiger partial charge in [-0.1, -0.05) is 0 Å². The van der Waals surface area contributed by atoms with Gasteiger partial charge < -0.3 is 15.5 Å². The Bertz CT molecular complexity index is 687. The number of thioether (sulfide) groups is 1. The molecule has 1 aliphatic carbocycles. The topological polar surface area (TPSA) is 61.4 Å². The van der Waals surface area contributed by atoms with E-state index >= 15 is 0 Å². The van der Waals surface area contributed by atoms with E-state index in [1.807, 2.05) is 30.0 Å². The first-order valence-corrected chi connectivity index (χ1v) is 10.1. The zero-order chi connectivity index (χ0) is 17.4. The normalized spacial score (nSPS) is 23.0. The summed E-state index contributed by atoms with van der Waals surface area (Å²) in [6, 6.07) is 6.21. The number of nitrogens with one attached hydrogen (secondary N) is 2. The smallest absolute Gasteiger partial charge is 0.253 e. The van der Waals surface area contributed by atoms with Gasteiger partial charge in [-0.15, -0.1) is 24.2 Å². The van der Waals surface area contributed by atoms with Crippen LogP contribution in [-0.4, -0.2) is 47.6 Å². The molecular formula is C19H26ClN3O2S. The third kappa shape index (κ3) is 4.35. The maximum absolute atomic E-state index is 12.8. The SMILES string of the molecule is CC1Sc2ccc(C(=O)N3CCC(NCC4CC4)CC3)cc2NC1=O.Cl. The van der Waals surface area contributed by atoms with Gasteiger partial charge in [-0.05, 0) is 63.3 Å². The number of nitrogens with zero attached hydrogens (tertiary/aromatic N) is 1. The van der Waals surface area contributed by atoms with Crippen LogP contribution in [0.2, 0.25) is 0 Å². The molecule has 26 heavy (non-hydrogen) atoms. The summed E-state index contributed by atoms with van der Waals surface area (Å²) in [7, 11) is 0. The average molecular weight is 396 g/mol. The van der Waals surface area contributed by atoms with E-state index in [-0.39, 0.29) is 29.5 Å². The van der Waals surface area contributed by atoms with Crippen molar-refractivity contribution >= 4 is 41.7 Å². The number of anilines is 1. The van der Waals surface area contributed by atoms with E-state index in [9.17, 15) is 9.59 Å². The number of rotatable bonds is 4. The first-order chi connectivity index (χ1) is 12.1. The van der Waals surface area contributed by atoms with E-state index in [0.717, 1.165) is 49.0 Å². The van der Waals surface area contributed by atoms with Crippen LogP contribution in [0.15, 0.2) is 23.1 Å². The van der Waals surface area contributed by atoms with Crippen LogP contribution < -0.4 is 10.6 Å². The molecule has 2 N–H and O–H groups in total. The Labute approximate surface area is 165 Å². The van der Waals surface area contributed by atoms with Crippen LogP contribution in [0.4, 0.5) is 5.69 Å². The number of piperidine rings is 1. The van der Waals surface area contributed by atoms with Gasteiger partial charge in [0.1, 0.15) is 0 Å². The van der Waals surface area contributed by atoms with Crippen LogP contribution in [0.25, 0.3) is 0 Å². The zero-order valence-electron chi connectivity index (χ0n) is 15.0. The fourth-order valence-corrected chi connectivity index (χ4v) is 4.40. The minimum absolute atomic E-state index is 0. The molecule has 1 saturated heterocycles. The molecule has 0 spiro atoms. The number of carbonyl (C=O) groups excluding carboxylic acids is 2. The first kappa shape index (κ1) is 19.5. The minimum Gasteiger partial charge on any atom is -0.339 e. The van der Waals surface area contributed by atoms with Crippen LogP contribution in [0.5, 0.6) is 0 Å². The maximum atomic E-state index is 12.8. The number of hydrogen-bond acceptors (Lipinski definition) is 4. The second-order valence-corrected chi connectivity index (χ2v) is 8.76. The van der Waals surface area contributed by atoms with Crippen LogP contribution in [0, 0.1) is 5.92 Å². The van der Waals surface area contributed by atoms with E-state index in [4.69, 9.17) is 0 Å². The molecule has 0 aromatic heterocycles. The van der Waals surface area contributed by atoms with E-state index in [1.54, 1.807) is 11.8 Å². The molecule has 1 aromatic carbocycles. The van der Waals surface area contributed by atoms with Gasteiger partial charge in [-0.2, -0.15) is 0 Å². The largest absolute Gasteiger partial charge is 0.339 e. The molecule has 2 heterocycles. The Morgan fingerprint density at radius 1 is 1.27 bits per heavy atom. The van der Waals surface area contributed by atoms with Crippen molar-refractivity contribution in [2.75, 3.05) is 25.0 Å². The van der Waals surface area contributed by atoms with E-state index < -0.39 is 0 Å². The highest BCUT2D eigenvalue weighted by Gasteiger charge is 2.28. The molecule has 2 fully saturated rings. The molecule has 142 valence electrons. The average Bonchev–Trinajstić information content (AvgIpc) is 3.45. The summed E-state index contributed by atoms with van der Waals surface area (Å²) in [5.74, 6) is 0.969. The molecule has 1 unspecified atom stereocenters. The summed E-state index contributed by atoms with van der Waals surface area (Å²) in [5.41, 5.74) is 1.43. The molecule has 2 amide bonds. The van der Waals surface area contributed by atoms with Gasteiger partial charge in [0.05, 0.1) is 10.9 Å². The summed E-state index contributed by atoms with van der Waals surface area (Å²) in [5, 5.41) is 6.47. The second kappa shape index (κ2) is 8.19. The van der Waals surface area contributed by atoms with E-state index in [2.05, 4.69) is 10.6 Å². The van der Waals surface area contributed by atoms with Crippen LogP contribution >= 0.6 is 24.2 Å². The van der Waals surface area contributed by atoms with Gasteiger partial charge in [0.25, 0.3) is 5.91 Å². The van der Waals surface area contributed by atoms with Crippen molar-refractivity contribution in [1.29, 1.82) is 0 Å². The molecule has 5 nitrogen and oxygen atoms in total. The Hall–Kier alpha value is -1.24. The van der Waals surface area contributed by atoms with Gasteiger partial charge in [-0.3, -0.25) is 9.59 Å². The van der Waals surface area contributed by atoms with Gasteiger partial charge >= 0.3 is 0 Å². The van der Waals surface area contributed by atoms with Crippen molar-refractivity contribution in [3.63, 3.8) is 0 Å². The van der Waals surface area contributed by atoms with Gasteiger partial charge in [0, 0.05) is 29.6 Å².